The molecule has 6 heteroatoms. The number of hydrogen-bond acceptors (Lipinski definition) is 0. The summed E-state index contributed by atoms with van der Waals surface area (Å²) >= 11 is 0. The summed E-state index contributed by atoms with van der Waals surface area (Å²) in [4.78, 5) is 0. The van der Waals surface area contributed by atoms with Crippen molar-refractivity contribution in [2.45, 2.75) is 24.2 Å². The Kier molecular flexibility index (Phi) is 2.96. The molecule has 0 spiro atoms. The van der Waals surface area contributed by atoms with Gasteiger partial charge in [0.1, 0.15) is 0 Å². The monoisotopic (exact) mass is 340 g/mol. The molecule has 5 rings (SSSR count). The minimum absolute atomic E-state index is 0.307. The van der Waals surface area contributed by atoms with Crippen LogP contribution in [0.1, 0.15) is 34.1 Å². The summed E-state index contributed by atoms with van der Waals surface area (Å²) in [7, 11) is 0. The molecule has 0 amide bonds. The van der Waals surface area contributed by atoms with E-state index in [-0.39, 0.29) is 0 Å². The average molecular weight is 340 g/mol. The molecule has 24 heavy (non-hydrogen) atoms. The first kappa shape index (κ1) is 15.3. The van der Waals surface area contributed by atoms with E-state index in [1.54, 1.807) is 24.3 Å². The van der Waals surface area contributed by atoms with Crippen molar-refractivity contribution in [2.75, 3.05) is 0 Å². The highest BCUT2D eigenvalue weighted by Gasteiger charge is 2.58. The van der Waals surface area contributed by atoms with Crippen LogP contribution in [0.4, 0.5) is 26.3 Å². The normalized spacial score (nSPS) is 22.4. The minimum Gasteiger partial charge on any atom is -0.166 e. The molecule has 0 heterocycles. The zero-order valence-corrected chi connectivity index (χ0v) is 12.0. The molecule has 0 N–H and O–H groups in total. The van der Waals surface area contributed by atoms with Gasteiger partial charge in [-0.2, -0.15) is 26.3 Å². The van der Waals surface area contributed by atoms with Crippen LogP contribution in [0.15, 0.2) is 59.7 Å². The zero-order chi connectivity index (χ0) is 17.3. The topological polar surface area (TPSA) is 0 Å². The number of hydrogen-bond donors (Lipinski definition) is 0. The van der Waals surface area contributed by atoms with Crippen LogP contribution in [0.25, 0.3) is 0 Å². The van der Waals surface area contributed by atoms with Gasteiger partial charge in [0.2, 0.25) is 0 Å². The van der Waals surface area contributed by atoms with Crippen molar-refractivity contribution in [1.29, 1.82) is 0 Å². The van der Waals surface area contributed by atoms with Crippen LogP contribution in [-0.4, -0.2) is 12.4 Å². The average Bonchev–Trinajstić information content (AvgIpc) is 2.52. The third-order valence-corrected chi connectivity index (χ3v) is 4.71. The summed E-state index contributed by atoms with van der Waals surface area (Å²) < 4.78 is 81.7. The van der Waals surface area contributed by atoms with E-state index in [9.17, 15) is 26.3 Å². The van der Waals surface area contributed by atoms with Crippen LogP contribution < -0.4 is 0 Å². The molecular weight excluding hydrogens is 330 g/mol. The maximum atomic E-state index is 13.6. The van der Waals surface area contributed by atoms with Crippen molar-refractivity contribution in [3.8, 4) is 0 Å². The predicted molar refractivity (Wildman–Crippen MR) is 75.7 cm³/mol. The van der Waals surface area contributed by atoms with Gasteiger partial charge >= 0.3 is 12.4 Å². The molecule has 0 atom stereocenters. The van der Waals surface area contributed by atoms with Gasteiger partial charge in [-0.05, 0) is 22.3 Å². The quantitative estimate of drug-likeness (QED) is 0.426. The lowest BCUT2D eigenvalue weighted by Gasteiger charge is -2.44. The number of allylic oxidation sites excluding steroid dienone is 2. The molecular formula is C18H10F6. The maximum absolute atomic E-state index is 13.6. The second-order valence-electron chi connectivity index (χ2n) is 5.95. The van der Waals surface area contributed by atoms with E-state index in [1.165, 1.54) is 24.3 Å². The molecule has 2 aromatic carbocycles. The highest BCUT2D eigenvalue weighted by atomic mass is 19.4. The molecule has 2 aromatic rings. The molecule has 0 aliphatic heterocycles. The number of benzene rings is 2. The van der Waals surface area contributed by atoms with Crippen molar-refractivity contribution >= 4 is 0 Å². The molecule has 0 saturated heterocycles. The Bertz CT molecular complexity index is 739. The molecule has 0 fully saturated rings. The summed E-state index contributed by atoms with van der Waals surface area (Å²) in [6.45, 7) is 0. The highest BCUT2D eigenvalue weighted by molar-refractivity contribution is 5.67. The van der Waals surface area contributed by atoms with Crippen molar-refractivity contribution in [3.05, 3.63) is 81.9 Å². The molecule has 0 nitrogen and oxygen atoms in total. The largest absolute Gasteiger partial charge is 0.413 e. The summed E-state index contributed by atoms with van der Waals surface area (Å²) in [5, 5.41) is 0. The van der Waals surface area contributed by atoms with E-state index >= 15 is 0 Å². The van der Waals surface area contributed by atoms with Gasteiger partial charge in [-0.3, -0.25) is 0 Å². The second-order valence-corrected chi connectivity index (χ2v) is 5.95. The molecule has 2 bridgehead atoms. The van der Waals surface area contributed by atoms with Crippen molar-refractivity contribution in [3.63, 3.8) is 0 Å². The molecule has 0 saturated carbocycles. The lowest BCUT2D eigenvalue weighted by Crippen LogP contribution is -2.38. The highest BCUT2D eigenvalue weighted by Crippen LogP contribution is 2.61. The van der Waals surface area contributed by atoms with Gasteiger partial charge in [-0.1, -0.05) is 48.5 Å². The van der Waals surface area contributed by atoms with Crippen molar-refractivity contribution in [2.24, 2.45) is 0 Å². The van der Waals surface area contributed by atoms with E-state index in [0.29, 0.717) is 22.3 Å². The molecule has 124 valence electrons. The second kappa shape index (κ2) is 4.65. The third kappa shape index (κ3) is 1.95. The number of alkyl halides is 6. The summed E-state index contributed by atoms with van der Waals surface area (Å²) in [6.07, 6.45) is -10.1. The summed E-state index contributed by atoms with van der Waals surface area (Å²) in [5.74, 6) is -2.86. The van der Waals surface area contributed by atoms with E-state index < -0.39 is 35.3 Å². The Morgan fingerprint density at radius 3 is 0.958 bits per heavy atom. The van der Waals surface area contributed by atoms with Crippen LogP contribution >= 0.6 is 0 Å². The van der Waals surface area contributed by atoms with Gasteiger partial charge in [-0.25, -0.2) is 0 Å². The van der Waals surface area contributed by atoms with Gasteiger partial charge < -0.3 is 0 Å². The van der Waals surface area contributed by atoms with E-state index in [1.807, 2.05) is 0 Å². The van der Waals surface area contributed by atoms with Gasteiger partial charge in [0, 0.05) is 11.8 Å². The Morgan fingerprint density at radius 2 is 0.750 bits per heavy atom. The number of rotatable bonds is 0. The van der Waals surface area contributed by atoms with Gasteiger partial charge in [-0.15, -0.1) is 0 Å². The summed E-state index contributed by atoms with van der Waals surface area (Å²) in [6, 6.07) is 12.2. The van der Waals surface area contributed by atoms with Crippen LogP contribution in [0.2, 0.25) is 0 Å². The van der Waals surface area contributed by atoms with Crippen LogP contribution in [0.3, 0.4) is 0 Å². The van der Waals surface area contributed by atoms with Crippen LogP contribution in [0.5, 0.6) is 0 Å². The Labute approximate surface area is 133 Å². The zero-order valence-electron chi connectivity index (χ0n) is 12.0. The third-order valence-electron chi connectivity index (χ3n) is 4.71. The van der Waals surface area contributed by atoms with E-state index in [0.717, 1.165) is 0 Å². The Morgan fingerprint density at radius 1 is 0.500 bits per heavy atom. The molecule has 3 aliphatic rings. The van der Waals surface area contributed by atoms with Crippen molar-refractivity contribution in [1.82, 2.24) is 0 Å². The lowest BCUT2D eigenvalue weighted by molar-refractivity contribution is -0.121. The molecule has 0 radical (unpaired) electrons. The maximum Gasteiger partial charge on any atom is 0.413 e. The Balaban J connectivity index is 2.13. The van der Waals surface area contributed by atoms with E-state index in [4.69, 9.17) is 0 Å². The van der Waals surface area contributed by atoms with E-state index in [2.05, 4.69) is 0 Å². The number of halogens is 6. The first-order valence-electron chi connectivity index (χ1n) is 7.27. The summed E-state index contributed by atoms with van der Waals surface area (Å²) in [5.41, 5.74) is -1.72. The fraction of sp³-hybridized carbons (Fsp3) is 0.222. The molecule has 0 unspecified atom stereocenters. The molecule has 3 aliphatic carbocycles. The van der Waals surface area contributed by atoms with Crippen LogP contribution in [-0.2, 0) is 0 Å². The first-order valence-corrected chi connectivity index (χ1v) is 7.27. The van der Waals surface area contributed by atoms with Gasteiger partial charge in [0.15, 0.2) is 0 Å². The molecule has 0 aromatic heterocycles. The van der Waals surface area contributed by atoms with Crippen molar-refractivity contribution < 1.29 is 26.3 Å². The predicted octanol–water partition coefficient (Wildman–Crippen LogP) is 5.70. The fourth-order valence-corrected chi connectivity index (χ4v) is 3.97. The first-order chi connectivity index (χ1) is 11.2. The standard InChI is InChI=1S/C18H10F6/c19-17(20,21)15-13-9-5-1-2-6-10(9)14(16(15)18(22,23)24)12-8-4-3-7-11(12)13/h1-8,13-14H. The Hall–Kier alpha value is -2.24. The smallest absolute Gasteiger partial charge is 0.166 e. The van der Waals surface area contributed by atoms with Crippen LogP contribution in [0, 0.1) is 0 Å². The van der Waals surface area contributed by atoms with Gasteiger partial charge in [0.05, 0.1) is 11.1 Å². The SMILES string of the molecule is FC(F)(F)C1=C(C(F)(F)F)C2c3ccccc3C1c1ccccc12. The van der Waals surface area contributed by atoms with Gasteiger partial charge in [0.25, 0.3) is 0 Å². The minimum atomic E-state index is -5.05. The lowest BCUT2D eigenvalue weighted by atomic mass is 9.60. The fourth-order valence-electron chi connectivity index (χ4n) is 3.97.